The van der Waals surface area contributed by atoms with Crippen molar-refractivity contribution in [3.8, 4) is 0 Å². The lowest BCUT2D eigenvalue weighted by Gasteiger charge is -2.20. The van der Waals surface area contributed by atoms with Crippen molar-refractivity contribution in [3.05, 3.63) is 34.9 Å². The normalized spacial score (nSPS) is 15.3. The van der Waals surface area contributed by atoms with Gasteiger partial charge in [0.15, 0.2) is 0 Å². The van der Waals surface area contributed by atoms with Crippen LogP contribution >= 0.6 is 0 Å². The predicted octanol–water partition coefficient (Wildman–Crippen LogP) is 4.29. The lowest BCUT2D eigenvalue weighted by molar-refractivity contribution is -0.162. The molecule has 1 aromatic rings. The van der Waals surface area contributed by atoms with E-state index in [2.05, 4.69) is 5.73 Å². The highest BCUT2D eigenvalue weighted by Gasteiger charge is 2.45. The SMILES string of the molecule is N[C@H](c1ccc(C(F)(F)F)c(C(F)(F)F)c1)C(F)(F)F. The zero-order valence-corrected chi connectivity index (χ0v) is 9.29. The van der Waals surface area contributed by atoms with Crippen molar-refractivity contribution in [1.82, 2.24) is 0 Å². The molecule has 0 aliphatic rings. The summed E-state index contributed by atoms with van der Waals surface area (Å²) in [6.45, 7) is 0. The molecule has 0 saturated carbocycles. The predicted molar refractivity (Wildman–Crippen MR) is 49.4 cm³/mol. The molecule has 0 radical (unpaired) electrons. The quantitative estimate of drug-likeness (QED) is 0.770. The van der Waals surface area contributed by atoms with Gasteiger partial charge in [0.1, 0.15) is 6.04 Å². The molecule has 1 rings (SSSR count). The second-order valence-corrected chi connectivity index (χ2v) is 3.82. The maximum Gasteiger partial charge on any atom is 0.417 e. The van der Waals surface area contributed by atoms with Gasteiger partial charge in [0.05, 0.1) is 11.1 Å². The third-order valence-electron chi connectivity index (χ3n) is 2.37. The number of hydrogen-bond acceptors (Lipinski definition) is 1. The molecular formula is C10H6F9N. The topological polar surface area (TPSA) is 26.0 Å². The van der Waals surface area contributed by atoms with Gasteiger partial charge in [0.25, 0.3) is 0 Å². The van der Waals surface area contributed by atoms with Crippen LogP contribution < -0.4 is 5.73 Å². The first-order valence-electron chi connectivity index (χ1n) is 4.85. The van der Waals surface area contributed by atoms with E-state index in [0.29, 0.717) is 0 Å². The minimum atomic E-state index is -5.45. The van der Waals surface area contributed by atoms with Crippen molar-refractivity contribution in [1.29, 1.82) is 0 Å². The summed E-state index contributed by atoms with van der Waals surface area (Å²) in [7, 11) is 0. The maximum absolute atomic E-state index is 12.5. The molecule has 0 spiro atoms. The van der Waals surface area contributed by atoms with Crippen LogP contribution in [-0.2, 0) is 12.4 Å². The van der Waals surface area contributed by atoms with Crippen LogP contribution in [0.3, 0.4) is 0 Å². The summed E-state index contributed by atoms with van der Waals surface area (Å²) in [5, 5.41) is 0. The van der Waals surface area contributed by atoms with Crippen LogP contribution in [0.1, 0.15) is 22.7 Å². The molecule has 0 heterocycles. The fourth-order valence-electron chi connectivity index (χ4n) is 1.43. The largest absolute Gasteiger partial charge is 0.417 e. The summed E-state index contributed by atoms with van der Waals surface area (Å²) < 4.78 is 111. The van der Waals surface area contributed by atoms with Crippen molar-refractivity contribution < 1.29 is 39.5 Å². The van der Waals surface area contributed by atoms with Gasteiger partial charge >= 0.3 is 18.5 Å². The molecule has 0 aromatic heterocycles. The molecule has 0 amide bonds. The van der Waals surface area contributed by atoms with E-state index in [9.17, 15) is 39.5 Å². The molecule has 114 valence electrons. The highest BCUT2D eigenvalue weighted by atomic mass is 19.4. The molecule has 0 fully saturated rings. The Morgan fingerprint density at radius 3 is 1.55 bits per heavy atom. The van der Waals surface area contributed by atoms with Gasteiger partial charge in [0, 0.05) is 0 Å². The van der Waals surface area contributed by atoms with Crippen LogP contribution in [0.5, 0.6) is 0 Å². The number of benzene rings is 1. The number of hydrogen-bond donors (Lipinski definition) is 1. The van der Waals surface area contributed by atoms with Crippen molar-refractivity contribution in [2.75, 3.05) is 0 Å². The van der Waals surface area contributed by atoms with Crippen molar-refractivity contribution in [3.63, 3.8) is 0 Å². The van der Waals surface area contributed by atoms with Gasteiger partial charge < -0.3 is 5.73 Å². The minimum absolute atomic E-state index is 0.0657. The van der Waals surface area contributed by atoms with E-state index >= 15 is 0 Å². The summed E-state index contributed by atoms with van der Waals surface area (Å²) in [4.78, 5) is 0. The van der Waals surface area contributed by atoms with Crippen molar-refractivity contribution in [2.24, 2.45) is 5.73 Å². The molecule has 0 aliphatic heterocycles. The van der Waals surface area contributed by atoms with E-state index in [1.54, 1.807) is 0 Å². The van der Waals surface area contributed by atoms with Crippen LogP contribution in [0, 0.1) is 0 Å². The summed E-state index contributed by atoms with van der Waals surface area (Å²) in [6.07, 6.45) is -15.9. The second-order valence-electron chi connectivity index (χ2n) is 3.82. The molecule has 1 atom stereocenters. The summed E-state index contributed by atoms with van der Waals surface area (Å²) in [5.41, 5.74) is -0.702. The zero-order valence-electron chi connectivity index (χ0n) is 9.29. The Kier molecular flexibility index (Phi) is 4.01. The van der Waals surface area contributed by atoms with E-state index in [1.807, 2.05) is 0 Å². The second kappa shape index (κ2) is 4.83. The number of rotatable bonds is 1. The lowest BCUT2D eigenvalue weighted by Crippen LogP contribution is -2.29. The van der Waals surface area contributed by atoms with Gasteiger partial charge in [-0.05, 0) is 17.7 Å². The van der Waals surface area contributed by atoms with Crippen molar-refractivity contribution >= 4 is 0 Å². The maximum atomic E-state index is 12.5. The van der Waals surface area contributed by atoms with E-state index in [0.717, 1.165) is 0 Å². The smallest absolute Gasteiger partial charge is 0.316 e. The van der Waals surface area contributed by atoms with E-state index in [4.69, 9.17) is 0 Å². The summed E-state index contributed by atoms with van der Waals surface area (Å²) in [5.74, 6) is 0. The summed E-state index contributed by atoms with van der Waals surface area (Å²) >= 11 is 0. The molecule has 1 aromatic carbocycles. The summed E-state index contributed by atoms with van der Waals surface area (Å²) in [6, 6.07) is -2.83. The molecule has 0 aliphatic carbocycles. The Hall–Kier alpha value is -1.45. The zero-order chi connectivity index (χ0) is 15.9. The molecule has 0 unspecified atom stereocenters. The third kappa shape index (κ3) is 3.56. The van der Waals surface area contributed by atoms with Gasteiger partial charge in [-0.1, -0.05) is 6.07 Å². The average molecular weight is 311 g/mol. The van der Waals surface area contributed by atoms with E-state index < -0.39 is 41.3 Å². The monoisotopic (exact) mass is 311 g/mol. The number of alkyl halides is 9. The van der Waals surface area contributed by atoms with Gasteiger partial charge in [-0.2, -0.15) is 39.5 Å². The minimum Gasteiger partial charge on any atom is -0.316 e. The first kappa shape index (κ1) is 16.6. The van der Waals surface area contributed by atoms with E-state index in [-0.39, 0.29) is 18.2 Å². The molecule has 0 saturated heterocycles. The average Bonchev–Trinajstić information content (AvgIpc) is 2.23. The molecule has 1 nitrogen and oxygen atoms in total. The van der Waals surface area contributed by atoms with Crippen LogP contribution in [0.4, 0.5) is 39.5 Å². The Labute approximate surface area is 106 Å². The molecule has 10 heteroatoms. The highest BCUT2D eigenvalue weighted by molar-refractivity contribution is 5.37. The standard InChI is InChI=1S/C10H6F9N/c11-8(12,13)5-2-1-4(7(20)10(17,18)19)3-6(5)9(14,15)16/h1-3,7H,20H2/t7-/m1/s1. The first-order chi connectivity index (χ1) is 8.74. The van der Waals surface area contributed by atoms with Gasteiger partial charge in [-0.15, -0.1) is 0 Å². The Morgan fingerprint density at radius 1 is 0.750 bits per heavy atom. The van der Waals surface area contributed by atoms with E-state index in [1.165, 1.54) is 0 Å². The Balaban J connectivity index is 3.44. The van der Waals surface area contributed by atoms with Crippen LogP contribution in [0.15, 0.2) is 18.2 Å². The van der Waals surface area contributed by atoms with Crippen LogP contribution in [-0.4, -0.2) is 6.18 Å². The van der Waals surface area contributed by atoms with Gasteiger partial charge in [0.2, 0.25) is 0 Å². The number of halogens is 9. The van der Waals surface area contributed by atoms with Gasteiger partial charge in [-0.25, -0.2) is 0 Å². The first-order valence-corrected chi connectivity index (χ1v) is 4.85. The molecule has 0 bridgehead atoms. The van der Waals surface area contributed by atoms with Crippen LogP contribution in [0.25, 0.3) is 0 Å². The highest BCUT2D eigenvalue weighted by Crippen LogP contribution is 2.42. The van der Waals surface area contributed by atoms with Gasteiger partial charge in [-0.3, -0.25) is 0 Å². The fourth-order valence-corrected chi connectivity index (χ4v) is 1.43. The van der Waals surface area contributed by atoms with Crippen LogP contribution in [0.2, 0.25) is 0 Å². The Morgan fingerprint density at radius 2 is 1.20 bits per heavy atom. The van der Waals surface area contributed by atoms with Crippen molar-refractivity contribution in [2.45, 2.75) is 24.6 Å². The fraction of sp³-hybridized carbons (Fsp3) is 0.400. The molecule has 2 N–H and O–H groups in total. The Bertz CT molecular complexity index is 483. The third-order valence-corrected chi connectivity index (χ3v) is 2.37. The lowest BCUT2D eigenvalue weighted by atomic mass is 9.99. The number of nitrogens with two attached hydrogens (primary N) is 1. The molecule has 20 heavy (non-hydrogen) atoms. The molecular weight excluding hydrogens is 305 g/mol.